The SMILES string of the molecule is CC(NN1C(C)CCCC1C)c1ccc(F)cc1Br. The van der Waals surface area contributed by atoms with Crippen LogP contribution in [0.1, 0.15) is 51.6 Å². The summed E-state index contributed by atoms with van der Waals surface area (Å²) in [7, 11) is 0. The zero-order valence-electron chi connectivity index (χ0n) is 11.8. The number of hydrogen-bond donors (Lipinski definition) is 1. The van der Waals surface area contributed by atoms with E-state index < -0.39 is 0 Å². The Morgan fingerprint density at radius 2 is 1.95 bits per heavy atom. The van der Waals surface area contributed by atoms with Crippen LogP contribution >= 0.6 is 15.9 Å². The zero-order chi connectivity index (χ0) is 14.0. The Morgan fingerprint density at radius 1 is 1.32 bits per heavy atom. The summed E-state index contributed by atoms with van der Waals surface area (Å²) >= 11 is 3.44. The fourth-order valence-electron chi connectivity index (χ4n) is 2.82. The van der Waals surface area contributed by atoms with Gasteiger partial charge in [-0.05, 0) is 51.3 Å². The second-order valence-corrected chi connectivity index (χ2v) is 6.41. The van der Waals surface area contributed by atoms with Crippen molar-refractivity contribution in [1.82, 2.24) is 10.4 Å². The summed E-state index contributed by atoms with van der Waals surface area (Å²) in [4.78, 5) is 0. The summed E-state index contributed by atoms with van der Waals surface area (Å²) in [5.74, 6) is -0.206. The quantitative estimate of drug-likeness (QED) is 0.883. The molecule has 0 aromatic heterocycles. The number of nitrogens with zero attached hydrogens (tertiary/aromatic N) is 1. The van der Waals surface area contributed by atoms with E-state index in [0.717, 1.165) is 10.0 Å². The number of hydrazine groups is 1. The van der Waals surface area contributed by atoms with E-state index in [9.17, 15) is 4.39 Å². The first-order valence-corrected chi connectivity index (χ1v) is 7.77. The molecule has 0 amide bonds. The van der Waals surface area contributed by atoms with Gasteiger partial charge in [-0.25, -0.2) is 14.8 Å². The Labute approximate surface area is 123 Å². The van der Waals surface area contributed by atoms with E-state index in [1.54, 1.807) is 0 Å². The molecular weight excluding hydrogens is 307 g/mol. The van der Waals surface area contributed by atoms with Crippen LogP contribution in [-0.2, 0) is 0 Å². The molecule has 0 aliphatic carbocycles. The van der Waals surface area contributed by atoms with E-state index in [1.165, 1.54) is 31.4 Å². The van der Waals surface area contributed by atoms with Crippen LogP contribution in [0.2, 0.25) is 0 Å². The topological polar surface area (TPSA) is 15.3 Å². The predicted octanol–water partition coefficient (Wildman–Crippen LogP) is 4.42. The molecule has 2 nitrogen and oxygen atoms in total. The van der Waals surface area contributed by atoms with Crippen molar-refractivity contribution in [3.63, 3.8) is 0 Å². The molecule has 0 saturated carbocycles. The van der Waals surface area contributed by atoms with Crippen molar-refractivity contribution in [2.24, 2.45) is 0 Å². The molecule has 1 saturated heterocycles. The number of benzene rings is 1. The average molecular weight is 329 g/mol. The van der Waals surface area contributed by atoms with Crippen LogP contribution in [0.3, 0.4) is 0 Å². The number of hydrogen-bond acceptors (Lipinski definition) is 2. The van der Waals surface area contributed by atoms with Crippen LogP contribution in [0.25, 0.3) is 0 Å². The first kappa shape index (κ1) is 14.9. The molecule has 0 spiro atoms. The molecule has 106 valence electrons. The monoisotopic (exact) mass is 328 g/mol. The highest BCUT2D eigenvalue weighted by atomic mass is 79.9. The standard InChI is InChI=1S/C15H22BrFN2/c1-10-5-4-6-11(2)19(10)18-12(3)14-8-7-13(17)9-15(14)16/h7-12,18H,4-6H2,1-3H3. The van der Waals surface area contributed by atoms with Crippen molar-refractivity contribution in [2.45, 2.75) is 58.2 Å². The number of piperidine rings is 1. The summed E-state index contributed by atoms with van der Waals surface area (Å²) < 4.78 is 14.0. The van der Waals surface area contributed by atoms with E-state index in [1.807, 2.05) is 6.07 Å². The zero-order valence-corrected chi connectivity index (χ0v) is 13.4. The van der Waals surface area contributed by atoms with Crippen molar-refractivity contribution in [2.75, 3.05) is 0 Å². The fraction of sp³-hybridized carbons (Fsp3) is 0.600. The minimum absolute atomic E-state index is 0.165. The maximum atomic E-state index is 13.1. The molecule has 1 aliphatic rings. The normalized spacial score (nSPS) is 26.4. The smallest absolute Gasteiger partial charge is 0.124 e. The summed E-state index contributed by atoms with van der Waals surface area (Å²) in [5, 5.41) is 2.35. The average Bonchev–Trinajstić information content (AvgIpc) is 2.33. The van der Waals surface area contributed by atoms with Crippen LogP contribution in [0.5, 0.6) is 0 Å². The second-order valence-electron chi connectivity index (χ2n) is 5.55. The van der Waals surface area contributed by atoms with Crippen LogP contribution in [0, 0.1) is 5.82 Å². The lowest BCUT2D eigenvalue weighted by atomic mass is 9.99. The van der Waals surface area contributed by atoms with Gasteiger partial charge in [0.25, 0.3) is 0 Å². The molecule has 1 fully saturated rings. The third-order valence-corrected chi connectivity index (χ3v) is 4.65. The van der Waals surface area contributed by atoms with Gasteiger partial charge in [0.2, 0.25) is 0 Å². The summed E-state index contributed by atoms with van der Waals surface area (Å²) in [6, 6.07) is 6.14. The highest BCUT2D eigenvalue weighted by Crippen LogP contribution is 2.27. The van der Waals surface area contributed by atoms with Crippen molar-refractivity contribution >= 4 is 15.9 Å². The Balaban J connectivity index is 2.09. The van der Waals surface area contributed by atoms with Crippen LogP contribution < -0.4 is 5.43 Å². The maximum absolute atomic E-state index is 13.1. The lowest BCUT2D eigenvalue weighted by Crippen LogP contribution is -2.52. The Morgan fingerprint density at radius 3 is 2.53 bits per heavy atom. The third-order valence-electron chi connectivity index (χ3n) is 3.97. The minimum atomic E-state index is -0.206. The molecule has 0 bridgehead atoms. The van der Waals surface area contributed by atoms with Crippen molar-refractivity contribution in [1.29, 1.82) is 0 Å². The number of halogens is 2. The molecule has 19 heavy (non-hydrogen) atoms. The predicted molar refractivity (Wildman–Crippen MR) is 80.3 cm³/mol. The van der Waals surface area contributed by atoms with Gasteiger partial charge in [-0.3, -0.25) is 0 Å². The van der Waals surface area contributed by atoms with E-state index in [4.69, 9.17) is 0 Å². The maximum Gasteiger partial charge on any atom is 0.124 e. The lowest BCUT2D eigenvalue weighted by Gasteiger charge is -2.41. The number of nitrogens with one attached hydrogen (secondary N) is 1. The minimum Gasteiger partial charge on any atom is -0.247 e. The van der Waals surface area contributed by atoms with E-state index >= 15 is 0 Å². The first-order chi connectivity index (χ1) is 8.99. The summed E-state index contributed by atoms with van der Waals surface area (Å²) in [6.45, 7) is 6.64. The van der Waals surface area contributed by atoms with Gasteiger partial charge < -0.3 is 0 Å². The van der Waals surface area contributed by atoms with Gasteiger partial charge in [0, 0.05) is 22.6 Å². The van der Waals surface area contributed by atoms with E-state index in [0.29, 0.717) is 12.1 Å². The van der Waals surface area contributed by atoms with Gasteiger partial charge in [0.1, 0.15) is 5.82 Å². The molecule has 4 heteroatoms. The highest BCUT2D eigenvalue weighted by Gasteiger charge is 2.26. The molecule has 3 atom stereocenters. The molecule has 1 aromatic carbocycles. The third kappa shape index (κ3) is 3.56. The largest absolute Gasteiger partial charge is 0.247 e. The van der Waals surface area contributed by atoms with Gasteiger partial charge in [0.05, 0.1) is 0 Å². The molecule has 1 aliphatic heterocycles. The summed E-state index contributed by atoms with van der Waals surface area (Å²) in [5.41, 5.74) is 4.67. The van der Waals surface area contributed by atoms with E-state index in [-0.39, 0.29) is 11.9 Å². The van der Waals surface area contributed by atoms with Gasteiger partial charge in [0.15, 0.2) is 0 Å². The van der Waals surface area contributed by atoms with Gasteiger partial charge in [-0.1, -0.05) is 28.4 Å². The molecule has 1 heterocycles. The Kier molecular flexibility index (Phi) is 4.98. The van der Waals surface area contributed by atoms with Gasteiger partial charge >= 0.3 is 0 Å². The molecule has 0 radical (unpaired) electrons. The molecule has 3 unspecified atom stereocenters. The molecular formula is C15H22BrFN2. The Bertz CT molecular complexity index is 428. The first-order valence-electron chi connectivity index (χ1n) is 6.98. The van der Waals surface area contributed by atoms with E-state index in [2.05, 4.69) is 47.1 Å². The highest BCUT2D eigenvalue weighted by molar-refractivity contribution is 9.10. The fourth-order valence-corrected chi connectivity index (χ4v) is 3.52. The van der Waals surface area contributed by atoms with Crippen LogP contribution in [0.4, 0.5) is 4.39 Å². The van der Waals surface area contributed by atoms with Gasteiger partial charge in [-0.15, -0.1) is 0 Å². The molecule has 1 aromatic rings. The lowest BCUT2D eigenvalue weighted by molar-refractivity contribution is 0.0319. The van der Waals surface area contributed by atoms with Crippen LogP contribution in [-0.4, -0.2) is 17.1 Å². The van der Waals surface area contributed by atoms with Crippen molar-refractivity contribution in [3.8, 4) is 0 Å². The van der Waals surface area contributed by atoms with Crippen LogP contribution in [0.15, 0.2) is 22.7 Å². The molecule has 1 N–H and O–H groups in total. The van der Waals surface area contributed by atoms with Crippen molar-refractivity contribution < 1.29 is 4.39 Å². The second kappa shape index (κ2) is 6.33. The molecule has 2 rings (SSSR count). The van der Waals surface area contributed by atoms with Gasteiger partial charge in [-0.2, -0.15) is 0 Å². The number of rotatable bonds is 3. The summed E-state index contributed by atoms with van der Waals surface area (Å²) in [6.07, 6.45) is 3.76. The van der Waals surface area contributed by atoms with Crippen molar-refractivity contribution in [3.05, 3.63) is 34.1 Å². The Hall–Kier alpha value is -0.450.